The molecule has 0 amide bonds. The Morgan fingerprint density at radius 1 is 0.944 bits per heavy atom. The maximum atomic E-state index is 14.2. The van der Waals surface area contributed by atoms with Crippen molar-refractivity contribution in [1.82, 2.24) is 4.90 Å². The molecule has 0 heterocycles. The van der Waals surface area contributed by atoms with Gasteiger partial charge in [-0.05, 0) is 116 Å². The maximum Gasteiger partial charge on any atom is 0.309 e. The molecule has 1 unspecified atom stereocenters. The summed E-state index contributed by atoms with van der Waals surface area (Å²) in [5.41, 5.74) is 7.71. The first-order chi connectivity index (χ1) is 25.2. The van der Waals surface area contributed by atoms with E-state index >= 15 is 0 Å². The van der Waals surface area contributed by atoms with Crippen molar-refractivity contribution in [2.75, 3.05) is 19.6 Å². The number of aliphatic hydroxyl groups is 1. The molecule has 0 aromatic heterocycles. The van der Waals surface area contributed by atoms with Gasteiger partial charge < -0.3 is 20.7 Å². The number of ketones is 1. The van der Waals surface area contributed by atoms with Crippen molar-refractivity contribution < 1.29 is 29.3 Å². The zero-order valence-electron chi connectivity index (χ0n) is 34.8. The maximum absolute atomic E-state index is 14.2. The van der Waals surface area contributed by atoms with E-state index in [4.69, 9.17) is 10.5 Å². The molecule has 54 heavy (non-hydrogen) atoms. The molecule has 4 saturated carbocycles. The van der Waals surface area contributed by atoms with Crippen LogP contribution in [0.25, 0.3) is 0 Å². The van der Waals surface area contributed by atoms with E-state index in [1.165, 1.54) is 11.1 Å². The van der Waals surface area contributed by atoms with Gasteiger partial charge in [-0.25, -0.2) is 0 Å². The van der Waals surface area contributed by atoms with Crippen molar-refractivity contribution in [3.63, 3.8) is 0 Å². The van der Waals surface area contributed by atoms with Gasteiger partial charge in [-0.3, -0.25) is 19.3 Å². The van der Waals surface area contributed by atoms with Gasteiger partial charge in [0.15, 0.2) is 5.78 Å². The molecule has 0 radical (unpaired) electrons. The number of carbonyl (C=O) groups is 3. The molecule has 0 spiro atoms. The second kappa shape index (κ2) is 14.4. The standard InChI is InChI=1S/C46H70N2O6/c1-29(2)38-32(49)25-46(35(50)28-48(24-23-47)27-30-13-11-10-12-14-30)22-21-44(8)31(39(38)46)15-16-34-43(7)19-18-36(54-37(51)26-41(3,4)40(52)53)42(5,6)33(43)17-20-45(34,44)9/h10-14,29,31,33-36,50H,15-28,47H2,1-9H3,(H,52,53)/t31-,33+,34-,35+,36?,43+,44-,45-,46+/m1/s1. The van der Waals surface area contributed by atoms with Crippen LogP contribution in [-0.4, -0.2) is 64.7 Å². The Morgan fingerprint density at radius 2 is 1.63 bits per heavy atom. The molecule has 5 aliphatic carbocycles. The summed E-state index contributed by atoms with van der Waals surface area (Å²) in [6.45, 7) is 22.1. The predicted molar refractivity (Wildman–Crippen MR) is 212 cm³/mol. The van der Waals surface area contributed by atoms with Gasteiger partial charge in [-0.2, -0.15) is 0 Å². The fourth-order valence-corrected chi connectivity index (χ4v) is 13.6. The molecule has 0 saturated heterocycles. The molecule has 300 valence electrons. The average molecular weight is 747 g/mol. The highest BCUT2D eigenvalue weighted by atomic mass is 16.5. The molecule has 4 fully saturated rings. The largest absolute Gasteiger partial charge is 0.481 e. The number of fused-ring (bicyclic) bond motifs is 7. The van der Waals surface area contributed by atoms with Crippen molar-refractivity contribution >= 4 is 17.7 Å². The molecule has 0 bridgehead atoms. The third-order valence-electron chi connectivity index (χ3n) is 16.6. The van der Waals surface area contributed by atoms with Crippen molar-refractivity contribution in [2.45, 2.75) is 145 Å². The highest BCUT2D eigenvalue weighted by molar-refractivity contribution is 6.00. The minimum Gasteiger partial charge on any atom is -0.481 e. The van der Waals surface area contributed by atoms with Gasteiger partial charge in [0.25, 0.3) is 0 Å². The minimum atomic E-state index is -1.17. The van der Waals surface area contributed by atoms with Gasteiger partial charge in [0.2, 0.25) is 0 Å². The van der Waals surface area contributed by atoms with Crippen molar-refractivity contribution in [1.29, 1.82) is 0 Å². The number of carbonyl (C=O) groups excluding carboxylic acids is 2. The second-order valence-electron chi connectivity index (χ2n) is 20.6. The zero-order valence-corrected chi connectivity index (χ0v) is 34.8. The highest BCUT2D eigenvalue weighted by Crippen LogP contribution is 2.77. The number of aliphatic hydroxyl groups excluding tert-OH is 1. The number of hydrogen-bond acceptors (Lipinski definition) is 7. The summed E-state index contributed by atoms with van der Waals surface area (Å²) in [7, 11) is 0. The van der Waals surface area contributed by atoms with E-state index in [9.17, 15) is 24.6 Å². The quantitative estimate of drug-likeness (QED) is 0.183. The summed E-state index contributed by atoms with van der Waals surface area (Å²) in [5.74, 6) is 0.0186. The lowest BCUT2D eigenvalue weighted by atomic mass is 9.33. The smallest absolute Gasteiger partial charge is 0.309 e. The Balaban J connectivity index is 1.29. The van der Waals surface area contributed by atoms with Crippen molar-refractivity contribution in [3.8, 4) is 0 Å². The van der Waals surface area contributed by atoms with E-state index in [1.807, 2.05) is 6.07 Å². The Bertz CT molecular complexity index is 1630. The summed E-state index contributed by atoms with van der Waals surface area (Å²) >= 11 is 0. The molecule has 8 nitrogen and oxygen atoms in total. The lowest BCUT2D eigenvalue weighted by Crippen LogP contribution is -2.66. The van der Waals surface area contributed by atoms with Crippen LogP contribution in [0, 0.1) is 56.2 Å². The highest BCUT2D eigenvalue weighted by Gasteiger charge is 2.70. The normalized spacial score (nSPS) is 36.6. The molecule has 0 aliphatic heterocycles. The van der Waals surface area contributed by atoms with E-state index < -0.39 is 28.9 Å². The molecular weight excluding hydrogens is 677 g/mol. The SMILES string of the molecule is CC(C)C1=C2[C@H]3CC[C@@H]4[C@@]5(C)CCC(OC(=O)CC(C)(C)C(=O)O)C(C)(C)[C@@H]5CC[C@@]4(C)[C@]3(C)CC[C@@]2([C@@H](O)CN(CCN)Cc2ccccc2)CC1=O. The first-order valence-corrected chi connectivity index (χ1v) is 21.0. The zero-order chi connectivity index (χ0) is 39.6. The summed E-state index contributed by atoms with van der Waals surface area (Å²) < 4.78 is 6.18. The molecule has 5 aliphatic rings. The third-order valence-corrected chi connectivity index (χ3v) is 16.6. The van der Waals surface area contributed by atoms with Gasteiger partial charge in [0.05, 0.1) is 17.9 Å². The van der Waals surface area contributed by atoms with Gasteiger partial charge >= 0.3 is 11.9 Å². The van der Waals surface area contributed by atoms with Gasteiger partial charge in [-0.1, -0.05) is 84.4 Å². The minimum absolute atomic E-state index is 0.0237. The van der Waals surface area contributed by atoms with Crippen LogP contribution < -0.4 is 5.73 Å². The summed E-state index contributed by atoms with van der Waals surface area (Å²) in [4.78, 5) is 41.4. The van der Waals surface area contributed by atoms with Crippen LogP contribution in [0.2, 0.25) is 0 Å². The molecule has 1 aromatic carbocycles. The van der Waals surface area contributed by atoms with Crippen LogP contribution >= 0.6 is 0 Å². The first-order valence-electron chi connectivity index (χ1n) is 21.0. The topological polar surface area (TPSA) is 130 Å². The number of rotatable bonds is 12. The van der Waals surface area contributed by atoms with E-state index in [0.29, 0.717) is 44.4 Å². The molecular formula is C46H70N2O6. The van der Waals surface area contributed by atoms with Gasteiger partial charge in [-0.15, -0.1) is 0 Å². The van der Waals surface area contributed by atoms with Gasteiger partial charge in [0.1, 0.15) is 6.10 Å². The number of allylic oxidation sites excluding steroid dienone is 1. The van der Waals surface area contributed by atoms with Crippen LogP contribution in [0.4, 0.5) is 0 Å². The lowest BCUT2D eigenvalue weighted by molar-refractivity contribution is -0.235. The van der Waals surface area contributed by atoms with Crippen molar-refractivity contribution in [2.24, 2.45) is 61.9 Å². The first kappa shape index (κ1) is 41.1. The fraction of sp³-hybridized carbons (Fsp3) is 0.761. The van der Waals surface area contributed by atoms with Crippen molar-refractivity contribution in [3.05, 3.63) is 47.0 Å². The van der Waals surface area contributed by atoms with E-state index in [2.05, 4.69) is 77.6 Å². The van der Waals surface area contributed by atoms with Crippen LogP contribution in [0.5, 0.6) is 0 Å². The number of hydrogen-bond donors (Lipinski definition) is 3. The van der Waals surface area contributed by atoms with E-state index in [1.54, 1.807) is 13.8 Å². The number of ether oxygens (including phenoxy) is 1. The second-order valence-corrected chi connectivity index (χ2v) is 20.6. The molecule has 1 aromatic rings. The Kier molecular flexibility index (Phi) is 11.0. The number of carboxylic acids is 1. The lowest BCUT2D eigenvalue weighted by Gasteiger charge is -2.72. The van der Waals surface area contributed by atoms with E-state index in [0.717, 1.165) is 56.9 Å². The molecule has 4 N–H and O–H groups in total. The molecule has 9 atom stereocenters. The number of Topliss-reactive ketones (excluding diaryl/α,β-unsaturated/α-hetero) is 1. The Labute approximate surface area is 325 Å². The number of nitrogens with two attached hydrogens (primary N) is 1. The number of aliphatic carboxylic acids is 1. The van der Waals surface area contributed by atoms with Crippen LogP contribution in [0.1, 0.15) is 132 Å². The number of esters is 1. The molecule has 8 heteroatoms. The monoisotopic (exact) mass is 747 g/mol. The number of carboxylic acid groups (broad SMARTS) is 1. The van der Waals surface area contributed by atoms with E-state index in [-0.39, 0.29) is 51.8 Å². The number of benzene rings is 1. The average Bonchev–Trinajstić information content (AvgIpc) is 3.40. The van der Waals surface area contributed by atoms with Crippen LogP contribution in [0.15, 0.2) is 41.5 Å². The fourth-order valence-electron chi connectivity index (χ4n) is 13.6. The molecule has 6 rings (SSSR count). The third kappa shape index (κ3) is 6.52. The summed E-state index contributed by atoms with van der Waals surface area (Å²) in [6.07, 6.45) is 7.15. The summed E-state index contributed by atoms with van der Waals surface area (Å²) in [6, 6.07) is 10.4. The van der Waals surface area contributed by atoms with Gasteiger partial charge in [0, 0.05) is 43.4 Å². The predicted octanol–water partition coefficient (Wildman–Crippen LogP) is 8.20. The Morgan fingerprint density at radius 3 is 2.26 bits per heavy atom. The van der Waals surface area contributed by atoms with Crippen LogP contribution in [-0.2, 0) is 25.7 Å². The number of nitrogens with zero attached hydrogens (tertiary/aromatic N) is 1. The summed E-state index contributed by atoms with van der Waals surface area (Å²) in [5, 5.41) is 22.1. The Hall–Kier alpha value is -2.55. The van der Waals surface area contributed by atoms with Crippen LogP contribution in [0.3, 0.4) is 0 Å².